The fourth-order valence-electron chi connectivity index (χ4n) is 1.55. The lowest BCUT2D eigenvalue weighted by atomic mass is 10.1. The number of hydrogen-bond donors (Lipinski definition) is 0. The zero-order valence-electron chi connectivity index (χ0n) is 8.57. The van der Waals surface area contributed by atoms with Crippen molar-refractivity contribution in [1.82, 2.24) is 0 Å². The molecule has 1 aromatic carbocycles. The number of pyridine rings is 1. The second kappa shape index (κ2) is 3.62. The molecule has 0 radical (unpaired) electrons. The van der Waals surface area contributed by atoms with Gasteiger partial charge in [-0.3, -0.25) is 0 Å². The van der Waals surface area contributed by atoms with Gasteiger partial charge in [0, 0.05) is 17.7 Å². The monoisotopic (exact) mass is 184 g/mol. The highest BCUT2D eigenvalue weighted by Gasteiger charge is 2.06. The molecular weight excluding hydrogens is 170 g/mol. The quantitative estimate of drug-likeness (QED) is 0.599. The van der Waals surface area contributed by atoms with Crippen molar-refractivity contribution >= 4 is 0 Å². The molecule has 0 unspecified atom stereocenters. The first-order chi connectivity index (χ1) is 6.77. The Morgan fingerprint density at radius 3 is 2.29 bits per heavy atom. The maximum Gasteiger partial charge on any atom is 0.212 e. The molecule has 0 aliphatic carbocycles. The molecule has 0 saturated carbocycles. The molecular formula is C13H14N+. The van der Waals surface area contributed by atoms with Crippen LogP contribution in [0.5, 0.6) is 0 Å². The third-order valence-electron chi connectivity index (χ3n) is 2.40. The standard InChI is InChI=1S/C13H14N/c1-11-6-8-12(9-7-11)13-5-3-4-10-14(13)2/h3-10H,1-2H3/q+1. The Kier molecular flexibility index (Phi) is 2.32. The van der Waals surface area contributed by atoms with E-state index in [0.717, 1.165) is 0 Å². The van der Waals surface area contributed by atoms with E-state index in [0.29, 0.717) is 0 Å². The van der Waals surface area contributed by atoms with Crippen LogP contribution >= 0.6 is 0 Å². The van der Waals surface area contributed by atoms with E-state index in [1.807, 2.05) is 6.07 Å². The molecule has 0 saturated heterocycles. The van der Waals surface area contributed by atoms with Crippen molar-refractivity contribution < 1.29 is 4.57 Å². The highest BCUT2D eigenvalue weighted by molar-refractivity contribution is 5.56. The summed E-state index contributed by atoms with van der Waals surface area (Å²) in [6.45, 7) is 2.11. The van der Waals surface area contributed by atoms with Crippen LogP contribution in [-0.4, -0.2) is 0 Å². The maximum atomic E-state index is 2.16. The van der Waals surface area contributed by atoms with Crippen LogP contribution in [0.2, 0.25) is 0 Å². The molecule has 0 amide bonds. The van der Waals surface area contributed by atoms with Crippen molar-refractivity contribution in [2.45, 2.75) is 6.92 Å². The SMILES string of the molecule is Cc1ccc(-c2cccc[n+]2C)cc1. The molecule has 0 bridgehead atoms. The first-order valence-electron chi connectivity index (χ1n) is 4.79. The molecule has 14 heavy (non-hydrogen) atoms. The molecule has 1 aromatic heterocycles. The van der Waals surface area contributed by atoms with Crippen LogP contribution in [0, 0.1) is 6.92 Å². The minimum Gasteiger partial charge on any atom is -0.201 e. The molecule has 2 aromatic rings. The van der Waals surface area contributed by atoms with Gasteiger partial charge in [-0.05, 0) is 25.1 Å². The molecule has 2 rings (SSSR count). The van der Waals surface area contributed by atoms with E-state index in [-0.39, 0.29) is 0 Å². The number of nitrogens with zero attached hydrogens (tertiary/aromatic N) is 1. The summed E-state index contributed by atoms with van der Waals surface area (Å²) in [4.78, 5) is 0. The topological polar surface area (TPSA) is 3.88 Å². The van der Waals surface area contributed by atoms with Crippen LogP contribution in [0.25, 0.3) is 11.3 Å². The van der Waals surface area contributed by atoms with Crippen LogP contribution in [0.1, 0.15) is 5.56 Å². The second-order valence-corrected chi connectivity index (χ2v) is 3.56. The molecule has 0 fully saturated rings. The Balaban J connectivity index is 2.50. The van der Waals surface area contributed by atoms with E-state index < -0.39 is 0 Å². The minimum atomic E-state index is 1.24. The second-order valence-electron chi connectivity index (χ2n) is 3.56. The van der Waals surface area contributed by atoms with Gasteiger partial charge in [0.25, 0.3) is 0 Å². The Labute approximate surface area is 84.6 Å². The lowest BCUT2D eigenvalue weighted by molar-refractivity contribution is -0.660. The van der Waals surface area contributed by atoms with Crippen LogP contribution in [-0.2, 0) is 7.05 Å². The summed E-state index contributed by atoms with van der Waals surface area (Å²) >= 11 is 0. The van der Waals surface area contributed by atoms with Gasteiger partial charge < -0.3 is 0 Å². The summed E-state index contributed by atoms with van der Waals surface area (Å²) in [6.07, 6.45) is 2.06. The number of aromatic nitrogens is 1. The van der Waals surface area contributed by atoms with Gasteiger partial charge in [-0.2, -0.15) is 0 Å². The van der Waals surface area contributed by atoms with E-state index >= 15 is 0 Å². The molecule has 0 aliphatic rings. The third kappa shape index (κ3) is 1.67. The van der Waals surface area contributed by atoms with E-state index in [9.17, 15) is 0 Å². The lowest BCUT2D eigenvalue weighted by Gasteiger charge is -1.99. The minimum absolute atomic E-state index is 1.24. The molecule has 0 spiro atoms. The van der Waals surface area contributed by atoms with E-state index in [4.69, 9.17) is 0 Å². The molecule has 0 atom stereocenters. The Morgan fingerprint density at radius 1 is 0.929 bits per heavy atom. The maximum absolute atomic E-state index is 2.16. The summed E-state index contributed by atoms with van der Waals surface area (Å²) in [5.74, 6) is 0. The lowest BCUT2D eigenvalue weighted by Crippen LogP contribution is -2.29. The predicted octanol–water partition coefficient (Wildman–Crippen LogP) is 2.49. The van der Waals surface area contributed by atoms with Crippen LogP contribution in [0.4, 0.5) is 0 Å². The largest absolute Gasteiger partial charge is 0.212 e. The fraction of sp³-hybridized carbons (Fsp3) is 0.154. The van der Waals surface area contributed by atoms with Gasteiger partial charge in [-0.1, -0.05) is 17.7 Å². The summed E-state index contributed by atoms with van der Waals surface area (Å²) in [5, 5.41) is 0. The molecule has 1 heteroatoms. The van der Waals surface area contributed by atoms with Gasteiger partial charge in [0.1, 0.15) is 7.05 Å². The van der Waals surface area contributed by atoms with E-state index in [1.54, 1.807) is 0 Å². The smallest absolute Gasteiger partial charge is 0.201 e. The van der Waals surface area contributed by atoms with Crippen molar-refractivity contribution in [3.05, 3.63) is 54.2 Å². The molecule has 0 aliphatic heterocycles. The summed E-state index contributed by atoms with van der Waals surface area (Å²) in [5.41, 5.74) is 3.80. The highest BCUT2D eigenvalue weighted by atomic mass is 14.9. The van der Waals surface area contributed by atoms with Crippen molar-refractivity contribution in [1.29, 1.82) is 0 Å². The van der Waals surface area contributed by atoms with Gasteiger partial charge in [0.15, 0.2) is 6.20 Å². The fourth-order valence-corrected chi connectivity index (χ4v) is 1.55. The number of aryl methyl sites for hydroxylation is 2. The third-order valence-corrected chi connectivity index (χ3v) is 2.40. The van der Waals surface area contributed by atoms with Crippen molar-refractivity contribution in [3.63, 3.8) is 0 Å². The van der Waals surface area contributed by atoms with Gasteiger partial charge in [0.05, 0.1) is 0 Å². The molecule has 1 heterocycles. The van der Waals surface area contributed by atoms with Crippen LogP contribution in [0.15, 0.2) is 48.7 Å². The van der Waals surface area contributed by atoms with Crippen LogP contribution < -0.4 is 4.57 Å². The molecule has 1 nitrogen and oxygen atoms in total. The van der Waals surface area contributed by atoms with Gasteiger partial charge in [-0.15, -0.1) is 0 Å². The average Bonchev–Trinajstić information content (AvgIpc) is 2.20. The van der Waals surface area contributed by atoms with Crippen molar-refractivity contribution in [2.24, 2.45) is 7.05 Å². The molecule has 0 N–H and O–H groups in total. The van der Waals surface area contributed by atoms with E-state index in [2.05, 4.69) is 61.1 Å². The van der Waals surface area contributed by atoms with E-state index in [1.165, 1.54) is 16.8 Å². The average molecular weight is 184 g/mol. The first kappa shape index (κ1) is 8.95. The molecule has 70 valence electrons. The summed E-state index contributed by atoms with van der Waals surface area (Å²) in [7, 11) is 2.06. The Hall–Kier alpha value is -1.63. The first-order valence-corrected chi connectivity index (χ1v) is 4.79. The zero-order chi connectivity index (χ0) is 9.97. The van der Waals surface area contributed by atoms with Gasteiger partial charge >= 0.3 is 0 Å². The predicted molar refractivity (Wildman–Crippen MR) is 57.8 cm³/mol. The normalized spacial score (nSPS) is 10.1. The zero-order valence-corrected chi connectivity index (χ0v) is 8.57. The van der Waals surface area contributed by atoms with Gasteiger partial charge in [0.2, 0.25) is 5.69 Å². The Bertz CT molecular complexity index is 429. The van der Waals surface area contributed by atoms with Crippen molar-refractivity contribution in [3.8, 4) is 11.3 Å². The number of rotatable bonds is 1. The number of benzene rings is 1. The highest BCUT2D eigenvalue weighted by Crippen LogP contribution is 2.14. The number of hydrogen-bond acceptors (Lipinski definition) is 0. The Morgan fingerprint density at radius 2 is 1.64 bits per heavy atom. The van der Waals surface area contributed by atoms with Crippen LogP contribution in [0.3, 0.4) is 0 Å². The van der Waals surface area contributed by atoms with Gasteiger partial charge in [-0.25, -0.2) is 4.57 Å². The summed E-state index contributed by atoms with van der Waals surface area (Å²) in [6, 6.07) is 14.8. The van der Waals surface area contributed by atoms with Crippen molar-refractivity contribution in [2.75, 3.05) is 0 Å². The summed E-state index contributed by atoms with van der Waals surface area (Å²) < 4.78 is 2.13.